The van der Waals surface area contributed by atoms with Crippen molar-refractivity contribution in [2.24, 2.45) is 0 Å². The van der Waals surface area contributed by atoms with Gasteiger partial charge < -0.3 is 0 Å². The van der Waals surface area contributed by atoms with E-state index in [0.29, 0.717) is 6.42 Å². The van der Waals surface area contributed by atoms with Crippen LogP contribution in [0.15, 0.2) is 12.4 Å². The van der Waals surface area contributed by atoms with Crippen molar-refractivity contribution < 1.29 is 4.79 Å². The van der Waals surface area contributed by atoms with Gasteiger partial charge in [0.2, 0.25) is 5.91 Å². The van der Waals surface area contributed by atoms with Gasteiger partial charge in [-0.05, 0) is 0 Å². The van der Waals surface area contributed by atoms with E-state index in [9.17, 15) is 4.79 Å². The topological polar surface area (TPSA) is 34.9 Å². The smallest absolute Gasteiger partial charge is 0.231 e. The number of rotatable bonds is 2. The molecular formula is C8H12N2O. The number of aromatic nitrogens is 2. The van der Waals surface area contributed by atoms with Crippen LogP contribution < -0.4 is 0 Å². The molecule has 3 heteroatoms. The third-order valence-corrected chi connectivity index (χ3v) is 1.60. The zero-order chi connectivity index (χ0) is 8.27. The molecule has 11 heavy (non-hydrogen) atoms. The maximum atomic E-state index is 11.2. The zero-order valence-corrected chi connectivity index (χ0v) is 6.87. The average molecular weight is 152 g/mol. The lowest BCUT2D eigenvalue weighted by atomic mass is 10.4. The molecule has 0 aliphatic heterocycles. The molecule has 1 aromatic rings. The summed E-state index contributed by atoms with van der Waals surface area (Å²) < 4.78 is 1.61. The van der Waals surface area contributed by atoms with Crippen LogP contribution in [-0.2, 0) is 6.42 Å². The average Bonchev–Trinajstić information content (AvgIpc) is 2.50. The predicted octanol–water partition coefficient (Wildman–Crippen LogP) is 1.50. The second-order valence-electron chi connectivity index (χ2n) is 2.31. The first kappa shape index (κ1) is 7.98. The van der Waals surface area contributed by atoms with E-state index in [4.69, 9.17) is 0 Å². The maximum Gasteiger partial charge on any atom is 0.231 e. The van der Waals surface area contributed by atoms with Gasteiger partial charge in [-0.3, -0.25) is 9.36 Å². The number of aryl methyl sites for hydroxylation is 1. The molecule has 60 valence electrons. The minimum absolute atomic E-state index is 0.111. The lowest BCUT2D eigenvalue weighted by Gasteiger charge is -2.00. The Morgan fingerprint density at radius 3 is 2.91 bits per heavy atom. The van der Waals surface area contributed by atoms with Gasteiger partial charge in [0.25, 0.3) is 0 Å². The van der Waals surface area contributed by atoms with Crippen LogP contribution in [0.1, 0.15) is 30.9 Å². The van der Waals surface area contributed by atoms with Gasteiger partial charge in [-0.1, -0.05) is 13.8 Å². The van der Waals surface area contributed by atoms with Crippen LogP contribution in [0.25, 0.3) is 0 Å². The number of carbonyl (C=O) groups is 1. The Hall–Kier alpha value is -1.12. The standard InChI is InChI=1S/C8H12N2O/c1-3-7-9-5-6-10(7)8(11)4-2/h5-6H,3-4H2,1-2H3. The van der Waals surface area contributed by atoms with Crippen molar-refractivity contribution in [2.45, 2.75) is 26.7 Å². The molecule has 0 saturated heterocycles. The Morgan fingerprint density at radius 2 is 2.36 bits per heavy atom. The summed E-state index contributed by atoms with van der Waals surface area (Å²) in [5, 5.41) is 0. The van der Waals surface area contributed by atoms with Crippen LogP contribution in [-0.4, -0.2) is 15.5 Å². The van der Waals surface area contributed by atoms with Gasteiger partial charge in [-0.2, -0.15) is 0 Å². The van der Waals surface area contributed by atoms with Gasteiger partial charge in [0.05, 0.1) is 0 Å². The highest BCUT2D eigenvalue weighted by atomic mass is 16.2. The fourth-order valence-corrected chi connectivity index (χ4v) is 0.993. The summed E-state index contributed by atoms with van der Waals surface area (Å²) in [4.78, 5) is 15.2. The number of nitrogens with zero attached hydrogens (tertiary/aromatic N) is 2. The number of hydrogen-bond acceptors (Lipinski definition) is 2. The Bertz CT molecular complexity index is 252. The molecule has 1 heterocycles. The highest BCUT2D eigenvalue weighted by molar-refractivity contribution is 5.78. The molecule has 0 saturated carbocycles. The minimum Gasteiger partial charge on any atom is -0.274 e. The molecule has 0 aliphatic carbocycles. The highest BCUT2D eigenvalue weighted by Crippen LogP contribution is 1.99. The van der Waals surface area contributed by atoms with E-state index in [1.807, 2.05) is 13.8 Å². The predicted molar refractivity (Wildman–Crippen MR) is 42.5 cm³/mol. The van der Waals surface area contributed by atoms with Crippen molar-refractivity contribution in [3.8, 4) is 0 Å². The van der Waals surface area contributed by atoms with Gasteiger partial charge >= 0.3 is 0 Å². The third kappa shape index (κ3) is 1.48. The highest BCUT2D eigenvalue weighted by Gasteiger charge is 2.05. The molecule has 1 aromatic heterocycles. The molecular weight excluding hydrogens is 140 g/mol. The summed E-state index contributed by atoms with van der Waals surface area (Å²) in [6, 6.07) is 0. The van der Waals surface area contributed by atoms with Gasteiger partial charge in [-0.25, -0.2) is 4.98 Å². The lowest BCUT2D eigenvalue weighted by Crippen LogP contribution is -2.11. The Morgan fingerprint density at radius 1 is 1.64 bits per heavy atom. The van der Waals surface area contributed by atoms with E-state index in [0.717, 1.165) is 12.2 Å². The molecule has 0 radical (unpaired) electrons. The van der Waals surface area contributed by atoms with Crippen LogP contribution in [0.3, 0.4) is 0 Å². The molecule has 0 spiro atoms. The van der Waals surface area contributed by atoms with E-state index in [1.54, 1.807) is 17.0 Å². The van der Waals surface area contributed by atoms with Gasteiger partial charge in [-0.15, -0.1) is 0 Å². The summed E-state index contributed by atoms with van der Waals surface area (Å²) in [7, 11) is 0. The summed E-state index contributed by atoms with van der Waals surface area (Å²) in [6.07, 6.45) is 4.71. The molecule has 0 unspecified atom stereocenters. The maximum absolute atomic E-state index is 11.2. The molecule has 0 amide bonds. The minimum atomic E-state index is 0.111. The van der Waals surface area contributed by atoms with E-state index in [1.165, 1.54) is 0 Å². The van der Waals surface area contributed by atoms with Crippen molar-refractivity contribution in [1.82, 2.24) is 9.55 Å². The van der Waals surface area contributed by atoms with Crippen LogP contribution in [0, 0.1) is 0 Å². The molecule has 0 bridgehead atoms. The molecule has 1 rings (SSSR count). The zero-order valence-electron chi connectivity index (χ0n) is 6.87. The van der Waals surface area contributed by atoms with E-state index >= 15 is 0 Å². The van der Waals surface area contributed by atoms with Gasteiger partial charge in [0, 0.05) is 25.2 Å². The van der Waals surface area contributed by atoms with Crippen molar-refractivity contribution >= 4 is 5.91 Å². The second-order valence-corrected chi connectivity index (χ2v) is 2.31. The molecule has 0 fully saturated rings. The Labute approximate surface area is 66.1 Å². The number of hydrogen-bond donors (Lipinski definition) is 0. The number of imidazole rings is 1. The summed E-state index contributed by atoms with van der Waals surface area (Å²) in [6.45, 7) is 3.84. The van der Waals surface area contributed by atoms with E-state index in [2.05, 4.69) is 4.98 Å². The first-order valence-corrected chi connectivity index (χ1v) is 3.85. The van der Waals surface area contributed by atoms with Crippen LogP contribution in [0.4, 0.5) is 0 Å². The quantitative estimate of drug-likeness (QED) is 0.643. The molecule has 3 nitrogen and oxygen atoms in total. The summed E-state index contributed by atoms with van der Waals surface area (Å²) in [5.41, 5.74) is 0. The first-order chi connectivity index (χ1) is 5.29. The Balaban J connectivity index is 2.92. The van der Waals surface area contributed by atoms with Crippen LogP contribution in [0.5, 0.6) is 0 Å². The molecule has 0 atom stereocenters. The van der Waals surface area contributed by atoms with Gasteiger partial charge in [0.15, 0.2) is 0 Å². The molecule has 0 N–H and O–H groups in total. The molecule has 0 aromatic carbocycles. The lowest BCUT2D eigenvalue weighted by molar-refractivity contribution is 0.0905. The second kappa shape index (κ2) is 3.32. The fraction of sp³-hybridized carbons (Fsp3) is 0.500. The monoisotopic (exact) mass is 152 g/mol. The SMILES string of the molecule is CCC(=O)n1ccnc1CC. The first-order valence-electron chi connectivity index (χ1n) is 3.85. The third-order valence-electron chi connectivity index (χ3n) is 1.60. The van der Waals surface area contributed by atoms with Crippen molar-refractivity contribution in [2.75, 3.05) is 0 Å². The normalized spacial score (nSPS) is 10.0. The summed E-state index contributed by atoms with van der Waals surface area (Å²) >= 11 is 0. The van der Waals surface area contributed by atoms with Crippen molar-refractivity contribution in [3.63, 3.8) is 0 Å². The summed E-state index contributed by atoms with van der Waals surface area (Å²) in [5.74, 6) is 0.955. The van der Waals surface area contributed by atoms with E-state index < -0.39 is 0 Å². The fourth-order valence-electron chi connectivity index (χ4n) is 0.993. The number of carbonyl (C=O) groups excluding carboxylic acids is 1. The molecule has 0 aliphatic rings. The van der Waals surface area contributed by atoms with Crippen molar-refractivity contribution in [1.29, 1.82) is 0 Å². The van der Waals surface area contributed by atoms with Gasteiger partial charge in [0.1, 0.15) is 5.82 Å². The van der Waals surface area contributed by atoms with E-state index in [-0.39, 0.29) is 5.91 Å². The Kier molecular flexibility index (Phi) is 2.41. The largest absolute Gasteiger partial charge is 0.274 e. The van der Waals surface area contributed by atoms with Crippen molar-refractivity contribution in [3.05, 3.63) is 18.2 Å². The van der Waals surface area contributed by atoms with Crippen LogP contribution in [0.2, 0.25) is 0 Å². The van der Waals surface area contributed by atoms with Crippen LogP contribution >= 0.6 is 0 Å².